The van der Waals surface area contributed by atoms with Crippen LogP contribution in [0, 0.1) is 11.3 Å². The Balaban J connectivity index is 1.94. The molecule has 1 aromatic rings. The van der Waals surface area contributed by atoms with Gasteiger partial charge in [0.15, 0.2) is 0 Å². The Morgan fingerprint density at radius 3 is 2.93 bits per heavy atom. The topological polar surface area (TPSA) is 53.3 Å². The van der Waals surface area contributed by atoms with Gasteiger partial charge in [0.05, 0.1) is 17.3 Å². The van der Waals surface area contributed by atoms with Crippen molar-refractivity contribution in [3.05, 3.63) is 57.1 Å². The second-order valence-electron chi connectivity index (χ2n) is 6.25. The molecule has 0 atom stereocenters. The average Bonchev–Trinajstić information content (AvgIpc) is 2.99. The van der Waals surface area contributed by atoms with Crippen molar-refractivity contribution in [2.24, 2.45) is 0 Å². The number of carbonyl (C=O) groups is 1. The normalized spacial score (nSPS) is 19.4. The molecule has 1 aliphatic heterocycles. The fourth-order valence-electron chi connectivity index (χ4n) is 3.28. The molecule has 1 aliphatic carbocycles. The summed E-state index contributed by atoms with van der Waals surface area (Å²) in [5, 5.41) is 11.3. The molecule has 6 heteroatoms. The molecule has 0 N–H and O–H groups in total. The van der Waals surface area contributed by atoms with Gasteiger partial charge in [-0.3, -0.25) is 0 Å². The Morgan fingerprint density at radius 2 is 2.22 bits per heavy atom. The Kier molecular flexibility index (Phi) is 6.30. The van der Waals surface area contributed by atoms with E-state index in [1.807, 2.05) is 30.3 Å². The highest BCUT2D eigenvalue weighted by molar-refractivity contribution is 8.03. The summed E-state index contributed by atoms with van der Waals surface area (Å²) in [4.78, 5) is 15.5. The molecular weight excluding hydrogens is 380 g/mol. The van der Waals surface area contributed by atoms with Crippen LogP contribution in [0.3, 0.4) is 0 Å². The Bertz CT molecular complexity index is 896. The molecule has 0 saturated heterocycles. The summed E-state index contributed by atoms with van der Waals surface area (Å²) in [7, 11) is 0. The molecule has 3 rings (SSSR count). The number of hydrogen-bond acceptors (Lipinski definition) is 5. The zero-order chi connectivity index (χ0) is 19.4. The third-order valence-electron chi connectivity index (χ3n) is 4.50. The van der Waals surface area contributed by atoms with E-state index < -0.39 is 5.97 Å². The monoisotopic (exact) mass is 400 g/mol. The van der Waals surface area contributed by atoms with Crippen LogP contribution in [0.15, 0.2) is 57.0 Å². The molecule has 0 aromatic heterocycles. The van der Waals surface area contributed by atoms with Gasteiger partial charge in [-0.25, -0.2) is 4.79 Å². The molecule has 0 fully saturated rings. The van der Waals surface area contributed by atoms with Gasteiger partial charge in [0.2, 0.25) is 0 Å². The summed E-state index contributed by atoms with van der Waals surface area (Å²) in [6.07, 6.45) is 6.67. The maximum atomic E-state index is 12.0. The molecule has 0 amide bonds. The van der Waals surface area contributed by atoms with E-state index in [4.69, 9.17) is 16.3 Å². The third kappa shape index (κ3) is 4.23. The molecule has 2 aliphatic rings. The standard InChI is InChI=1S/C21H21ClN2O2S/c1-3-24-18-12-16(22)8-9-19(18)27-20(24)11-14-6-5-7-15(10-14)17(13-23)21(25)26-4-2/h8-12H,3-7H2,1-2H3. The number of esters is 1. The molecule has 0 saturated carbocycles. The molecule has 0 spiro atoms. The van der Waals surface area contributed by atoms with E-state index in [0.29, 0.717) is 0 Å². The molecule has 0 unspecified atom stereocenters. The number of ether oxygens (including phenoxy) is 1. The van der Waals surface area contributed by atoms with Crippen LogP contribution in [0.25, 0.3) is 0 Å². The molecular formula is C21H21ClN2O2S. The van der Waals surface area contributed by atoms with Crippen LogP contribution in [0.4, 0.5) is 5.69 Å². The largest absolute Gasteiger partial charge is 0.462 e. The van der Waals surface area contributed by atoms with Gasteiger partial charge in [-0.05, 0) is 68.5 Å². The van der Waals surface area contributed by atoms with Gasteiger partial charge in [0.25, 0.3) is 0 Å². The van der Waals surface area contributed by atoms with Crippen LogP contribution in [0.2, 0.25) is 5.02 Å². The molecule has 0 bridgehead atoms. The number of allylic oxidation sites excluding steroid dienone is 4. The van der Waals surface area contributed by atoms with Crippen molar-refractivity contribution in [2.45, 2.75) is 38.0 Å². The van der Waals surface area contributed by atoms with Gasteiger partial charge in [0, 0.05) is 16.5 Å². The first-order valence-corrected chi connectivity index (χ1v) is 10.2. The summed E-state index contributed by atoms with van der Waals surface area (Å²) < 4.78 is 5.02. The van der Waals surface area contributed by atoms with E-state index in [0.717, 1.165) is 52.7 Å². The lowest BCUT2D eigenvalue weighted by Crippen LogP contribution is -2.16. The zero-order valence-electron chi connectivity index (χ0n) is 15.4. The lowest BCUT2D eigenvalue weighted by molar-refractivity contribution is -0.138. The zero-order valence-corrected chi connectivity index (χ0v) is 17.0. The quantitative estimate of drug-likeness (QED) is 0.373. The Labute approximate surface area is 169 Å². The van der Waals surface area contributed by atoms with Gasteiger partial charge in [-0.1, -0.05) is 29.4 Å². The molecule has 0 radical (unpaired) electrons. The van der Waals surface area contributed by atoms with Crippen molar-refractivity contribution in [1.82, 2.24) is 0 Å². The highest BCUT2D eigenvalue weighted by atomic mass is 35.5. The first-order chi connectivity index (χ1) is 13.1. The number of halogens is 1. The molecule has 1 heterocycles. The van der Waals surface area contributed by atoms with E-state index >= 15 is 0 Å². The molecule has 4 nitrogen and oxygen atoms in total. The van der Waals surface area contributed by atoms with Crippen molar-refractivity contribution < 1.29 is 9.53 Å². The first kappa shape index (κ1) is 19.6. The van der Waals surface area contributed by atoms with E-state index in [1.165, 1.54) is 4.90 Å². The minimum atomic E-state index is -0.535. The van der Waals surface area contributed by atoms with Crippen LogP contribution in [-0.4, -0.2) is 19.1 Å². The van der Waals surface area contributed by atoms with Gasteiger partial charge in [-0.15, -0.1) is 0 Å². The van der Waals surface area contributed by atoms with Crippen LogP contribution in [0.1, 0.15) is 33.1 Å². The predicted molar refractivity (Wildman–Crippen MR) is 110 cm³/mol. The predicted octanol–water partition coefficient (Wildman–Crippen LogP) is 5.61. The average molecular weight is 401 g/mol. The summed E-state index contributed by atoms with van der Waals surface area (Å²) in [5.74, 6) is -0.535. The van der Waals surface area contributed by atoms with Crippen molar-refractivity contribution in [2.75, 3.05) is 18.1 Å². The molecule has 140 valence electrons. The van der Waals surface area contributed by atoms with Crippen LogP contribution < -0.4 is 4.90 Å². The maximum absolute atomic E-state index is 12.0. The summed E-state index contributed by atoms with van der Waals surface area (Å²) in [6, 6.07) is 7.96. The van der Waals surface area contributed by atoms with Crippen molar-refractivity contribution in [3.63, 3.8) is 0 Å². The SMILES string of the molecule is CCOC(=O)C(C#N)=C1C=C(C=C2Sc3ccc(Cl)cc3N2CC)CCC1. The van der Waals surface area contributed by atoms with E-state index in [1.54, 1.807) is 18.7 Å². The fraction of sp³-hybridized carbons (Fsp3) is 0.333. The summed E-state index contributed by atoms with van der Waals surface area (Å²) in [5.41, 5.74) is 3.13. The van der Waals surface area contributed by atoms with E-state index in [2.05, 4.69) is 17.9 Å². The first-order valence-electron chi connectivity index (χ1n) is 9.05. The van der Waals surface area contributed by atoms with Gasteiger partial charge >= 0.3 is 5.97 Å². The van der Waals surface area contributed by atoms with Crippen LogP contribution in [-0.2, 0) is 9.53 Å². The molecule has 1 aromatic carbocycles. The fourth-order valence-corrected chi connectivity index (χ4v) is 4.63. The summed E-state index contributed by atoms with van der Waals surface area (Å²) in [6.45, 7) is 4.96. The van der Waals surface area contributed by atoms with Crippen molar-refractivity contribution in [3.8, 4) is 6.07 Å². The van der Waals surface area contributed by atoms with E-state index in [9.17, 15) is 10.1 Å². The Hall–Kier alpha value is -2.16. The number of thioether (sulfide) groups is 1. The van der Waals surface area contributed by atoms with Gasteiger partial charge in [-0.2, -0.15) is 5.26 Å². The third-order valence-corrected chi connectivity index (χ3v) is 5.85. The highest BCUT2D eigenvalue weighted by Gasteiger charge is 2.25. The maximum Gasteiger partial charge on any atom is 0.349 e. The minimum absolute atomic E-state index is 0.119. The minimum Gasteiger partial charge on any atom is -0.462 e. The van der Waals surface area contributed by atoms with Crippen LogP contribution in [0.5, 0.6) is 0 Å². The number of anilines is 1. The number of nitriles is 1. The number of benzene rings is 1. The number of carbonyl (C=O) groups excluding carboxylic acids is 1. The molecule has 27 heavy (non-hydrogen) atoms. The second kappa shape index (κ2) is 8.69. The second-order valence-corrected chi connectivity index (χ2v) is 7.74. The lowest BCUT2D eigenvalue weighted by Gasteiger charge is -2.20. The van der Waals surface area contributed by atoms with Gasteiger partial charge in [0.1, 0.15) is 11.6 Å². The number of rotatable bonds is 4. The lowest BCUT2D eigenvalue weighted by atomic mass is 9.92. The number of hydrogen-bond donors (Lipinski definition) is 0. The van der Waals surface area contributed by atoms with Crippen molar-refractivity contribution in [1.29, 1.82) is 5.26 Å². The van der Waals surface area contributed by atoms with Crippen LogP contribution >= 0.6 is 23.4 Å². The van der Waals surface area contributed by atoms with E-state index in [-0.39, 0.29) is 12.2 Å². The highest BCUT2D eigenvalue weighted by Crippen LogP contribution is 2.47. The number of nitrogens with zero attached hydrogens (tertiary/aromatic N) is 2. The van der Waals surface area contributed by atoms with Crippen molar-refractivity contribution >= 4 is 35.0 Å². The number of fused-ring (bicyclic) bond motifs is 1. The smallest absolute Gasteiger partial charge is 0.349 e. The summed E-state index contributed by atoms with van der Waals surface area (Å²) >= 11 is 7.88. The van der Waals surface area contributed by atoms with Gasteiger partial charge < -0.3 is 9.64 Å². The Morgan fingerprint density at radius 1 is 1.41 bits per heavy atom.